The summed E-state index contributed by atoms with van der Waals surface area (Å²) in [5.74, 6) is -3.35. The first-order valence-corrected chi connectivity index (χ1v) is 4.47. The number of carbonyl (C=O) groups excluding carboxylic acids is 2. The van der Waals surface area contributed by atoms with E-state index >= 15 is 0 Å². The van der Waals surface area contributed by atoms with E-state index < -0.39 is 23.6 Å². The summed E-state index contributed by atoms with van der Waals surface area (Å²) in [6.07, 6.45) is 1.16. The molecule has 0 radical (unpaired) electrons. The minimum Gasteiger partial charge on any atom is -0.389 e. The van der Waals surface area contributed by atoms with Crippen molar-refractivity contribution >= 4 is 18.0 Å². The second-order valence-electron chi connectivity index (χ2n) is 3.28. The lowest BCUT2D eigenvalue weighted by molar-refractivity contribution is -0.151. The third-order valence-electron chi connectivity index (χ3n) is 2.09. The van der Waals surface area contributed by atoms with Crippen molar-refractivity contribution in [2.24, 2.45) is 0 Å². The predicted octanol–water partition coefficient (Wildman–Crippen LogP) is 1.82. The Balaban J connectivity index is 2.32. The van der Waals surface area contributed by atoms with Crippen LogP contribution in [0.5, 0.6) is 0 Å². The van der Waals surface area contributed by atoms with Crippen molar-refractivity contribution < 1.29 is 23.1 Å². The molecule has 0 atom stereocenters. The first-order chi connectivity index (χ1) is 7.56. The molecule has 1 aliphatic rings. The lowest BCUT2D eigenvalue weighted by atomic mass is 10.1. The van der Waals surface area contributed by atoms with Crippen molar-refractivity contribution in [3.05, 3.63) is 41.0 Å². The summed E-state index contributed by atoms with van der Waals surface area (Å²) in [5.41, 5.74) is 0.441. The number of halogens is 2. The molecule has 1 aromatic rings. The van der Waals surface area contributed by atoms with Gasteiger partial charge in [0.25, 0.3) is 0 Å². The highest BCUT2D eigenvalue weighted by atomic mass is 19.2. The molecule has 0 unspecified atom stereocenters. The molecule has 2 rings (SSSR count). The van der Waals surface area contributed by atoms with E-state index in [1.807, 2.05) is 0 Å². The number of cyclic esters (lactones) is 2. The van der Waals surface area contributed by atoms with E-state index in [1.165, 1.54) is 12.1 Å². The molecule has 1 heterocycles. The van der Waals surface area contributed by atoms with Gasteiger partial charge in [-0.2, -0.15) is 0 Å². The summed E-state index contributed by atoms with van der Waals surface area (Å²) >= 11 is 0. The first kappa shape index (κ1) is 10.5. The topological polar surface area (TPSA) is 43.4 Å². The zero-order chi connectivity index (χ0) is 11.7. The molecule has 16 heavy (non-hydrogen) atoms. The van der Waals surface area contributed by atoms with Crippen molar-refractivity contribution in [3.8, 4) is 0 Å². The number of esters is 2. The minimum atomic E-state index is -1.01. The fourth-order valence-electron chi connectivity index (χ4n) is 1.35. The Kier molecular flexibility index (Phi) is 2.52. The Bertz CT molecular complexity index is 506. The molecule has 0 bridgehead atoms. The average molecular weight is 224 g/mol. The molecule has 0 spiro atoms. The fourth-order valence-corrected chi connectivity index (χ4v) is 1.35. The van der Waals surface area contributed by atoms with Crippen LogP contribution in [0.2, 0.25) is 0 Å². The van der Waals surface area contributed by atoms with Crippen molar-refractivity contribution in [3.63, 3.8) is 0 Å². The molecule has 3 nitrogen and oxygen atoms in total. The van der Waals surface area contributed by atoms with Crippen LogP contribution in [0, 0.1) is 11.6 Å². The van der Waals surface area contributed by atoms with Gasteiger partial charge in [-0.3, -0.25) is 4.79 Å². The Morgan fingerprint density at radius 3 is 2.50 bits per heavy atom. The summed E-state index contributed by atoms with van der Waals surface area (Å²) in [4.78, 5) is 21.8. The number of ether oxygens (including phenoxy) is 1. The van der Waals surface area contributed by atoms with E-state index in [9.17, 15) is 18.4 Å². The van der Waals surface area contributed by atoms with Crippen LogP contribution in [0.1, 0.15) is 12.0 Å². The largest absolute Gasteiger partial charge is 0.389 e. The number of benzene rings is 1. The van der Waals surface area contributed by atoms with Crippen LogP contribution in [-0.4, -0.2) is 11.9 Å². The van der Waals surface area contributed by atoms with E-state index in [0.717, 1.165) is 12.1 Å². The maximum absolute atomic E-state index is 12.8. The normalized spacial score (nSPS) is 18.0. The van der Waals surface area contributed by atoms with E-state index in [4.69, 9.17) is 0 Å². The van der Waals surface area contributed by atoms with Gasteiger partial charge in [-0.05, 0) is 23.8 Å². The molecule has 0 amide bonds. The fraction of sp³-hybridized carbons (Fsp3) is 0.0909. The molecule has 82 valence electrons. The summed E-state index contributed by atoms with van der Waals surface area (Å²) in [7, 11) is 0. The van der Waals surface area contributed by atoms with E-state index in [-0.39, 0.29) is 12.0 Å². The molecule has 1 aromatic carbocycles. The molecule has 0 aromatic heterocycles. The summed E-state index contributed by atoms with van der Waals surface area (Å²) in [6.45, 7) is 0. The van der Waals surface area contributed by atoms with Crippen LogP contribution in [0.25, 0.3) is 6.08 Å². The lowest BCUT2D eigenvalue weighted by Gasteiger charge is -1.96. The van der Waals surface area contributed by atoms with Crippen LogP contribution in [-0.2, 0) is 14.3 Å². The van der Waals surface area contributed by atoms with Gasteiger partial charge in [0.2, 0.25) is 0 Å². The maximum atomic E-state index is 12.8. The Morgan fingerprint density at radius 2 is 1.94 bits per heavy atom. The molecular weight excluding hydrogens is 218 g/mol. The molecule has 1 saturated heterocycles. The van der Waals surface area contributed by atoms with Crippen LogP contribution < -0.4 is 0 Å². The quantitative estimate of drug-likeness (QED) is 0.415. The van der Waals surface area contributed by atoms with Gasteiger partial charge in [0.15, 0.2) is 11.6 Å². The van der Waals surface area contributed by atoms with Crippen LogP contribution >= 0.6 is 0 Å². The van der Waals surface area contributed by atoms with Crippen LogP contribution in [0.15, 0.2) is 23.8 Å². The van der Waals surface area contributed by atoms with Gasteiger partial charge in [0.05, 0.1) is 6.42 Å². The SMILES string of the molecule is O=C1C/C(=C\c2ccc(F)c(F)c2)C(=O)O1. The zero-order valence-corrected chi connectivity index (χ0v) is 8.00. The van der Waals surface area contributed by atoms with Gasteiger partial charge >= 0.3 is 11.9 Å². The molecule has 0 saturated carbocycles. The van der Waals surface area contributed by atoms with Gasteiger partial charge in [0.1, 0.15) is 0 Å². The molecule has 1 aliphatic heterocycles. The number of rotatable bonds is 1. The highest BCUT2D eigenvalue weighted by Crippen LogP contribution is 2.19. The van der Waals surface area contributed by atoms with Gasteiger partial charge in [-0.1, -0.05) is 6.07 Å². The number of hydrogen-bond donors (Lipinski definition) is 0. The Hall–Kier alpha value is -2.04. The van der Waals surface area contributed by atoms with Crippen molar-refractivity contribution in [2.75, 3.05) is 0 Å². The Morgan fingerprint density at radius 1 is 1.19 bits per heavy atom. The zero-order valence-electron chi connectivity index (χ0n) is 8.00. The predicted molar refractivity (Wildman–Crippen MR) is 50.1 cm³/mol. The van der Waals surface area contributed by atoms with Gasteiger partial charge in [0, 0.05) is 5.57 Å². The van der Waals surface area contributed by atoms with Gasteiger partial charge in [-0.25, -0.2) is 13.6 Å². The maximum Gasteiger partial charge on any atom is 0.342 e. The number of carbonyl (C=O) groups is 2. The van der Waals surface area contributed by atoms with Crippen molar-refractivity contribution in [2.45, 2.75) is 6.42 Å². The van der Waals surface area contributed by atoms with Crippen molar-refractivity contribution in [1.82, 2.24) is 0 Å². The smallest absolute Gasteiger partial charge is 0.342 e. The van der Waals surface area contributed by atoms with Crippen LogP contribution in [0.4, 0.5) is 8.78 Å². The molecule has 5 heteroatoms. The monoisotopic (exact) mass is 224 g/mol. The Labute approximate surface area is 89.3 Å². The van der Waals surface area contributed by atoms with Gasteiger partial charge in [-0.15, -0.1) is 0 Å². The average Bonchev–Trinajstić information content (AvgIpc) is 2.51. The lowest BCUT2D eigenvalue weighted by Crippen LogP contribution is -1.97. The van der Waals surface area contributed by atoms with Gasteiger partial charge < -0.3 is 4.74 Å². The first-order valence-electron chi connectivity index (χ1n) is 4.47. The summed E-state index contributed by atoms with van der Waals surface area (Å²) in [5, 5.41) is 0. The minimum absolute atomic E-state index is 0.135. The molecular formula is C11H6F2O3. The van der Waals surface area contributed by atoms with E-state index in [1.54, 1.807) is 0 Å². The third-order valence-corrected chi connectivity index (χ3v) is 2.09. The molecule has 0 aliphatic carbocycles. The highest BCUT2D eigenvalue weighted by Gasteiger charge is 2.26. The van der Waals surface area contributed by atoms with Crippen molar-refractivity contribution in [1.29, 1.82) is 0 Å². The second-order valence-corrected chi connectivity index (χ2v) is 3.28. The molecule has 0 N–H and O–H groups in total. The van der Waals surface area contributed by atoms with E-state index in [2.05, 4.69) is 4.74 Å². The standard InChI is InChI=1S/C11H6F2O3/c12-8-2-1-6(4-9(8)13)3-7-5-10(14)16-11(7)15/h1-4H,5H2/b7-3+. The number of hydrogen-bond acceptors (Lipinski definition) is 3. The summed E-state index contributed by atoms with van der Waals surface area (Å²) < 4.78 is 29.7. The summed E-state index contributed by atoms with van der Waals surface area (Å²) in [6, 6.07) is 3.20. The molecule has 1 fully saturated rings. The van der Waals surface area contributed by atoms with Crippen LogP contribution in [0.3, 0.4) is 0 Å². The second kappa shape index (κ2) is 3.84. The highest BCUT2D eigenvalue weighted by molar-refractivity contribution is 6.08. The van der Waals surface area contributed by atoms with E-state index in [0.29, 0.717) is 5.56 Å². The third kappa shape index (κ3) is 1.98.